The van der Waals surface area contributed by atoms with Crippen LogP contribution < -0.4 is 10.1 Å². The molecular formula is C16H26BrN3O. The molecule has 1 aromatic rings. The number of pyridine rings is 1. The second-order valence-corrected chi connectivity index (χ2v) is 6.82. The van der Waals surface area contributed by atoms with E-state index >= 15 is 0 Å². The zero-order valence-corrected chi connectivity index (χ0v) is 14.7. The molecule has 0 aliphatic carbocycles. The van der Waals surface area contributed by atoms with Gasteiger partial charge in [0.25, 0.3) is 0 Å². The van der Waals surface area contributed by atoms with E-state index < -0.39 is 0 Å². The summed E-state index contributed by atoms with van der Waals surface area (Å²) in [6.45, 7) is 9.18. The smallest absolute Gasteiger partial charge is 0.217 e. The Labute approximate surface area is 136 Å². The van der Waals surface area contributed by atoms with Gasteiger partial charge in [0.05, 0.1) is 0 Å². The standard InChI is InChI=1S/C16H26BrN3O/c1-13(2)18-11-14-10-15(17)12-19-16(14)21-9-8-20-6-4-3-5-7-20/h10,12-13,18H,3-9,11H2,1-2H3. The van der Waals surface area contributed by atoms with Crippen molar-refractivity contribution in [1.29, 1.82) is 0 Å². The van der Waals surface area contributed by atoms with Gasteiger partial charge in [-0.1, -0.05) is 20.3 Å². The van der Waals surface area contributed by atoms with Gasteiger partial charge in [-0.25, -0.2) is 4.98 Å². The van der Waals surface area contributed by atoms with Gasteiger partial charge in [0, 0.05) is 35.4 Å². The van der Waals surface area contributed by atoms with Gasteiger partial charge in [-0.05, 0) is 47.9 Å². The van der Waals surface area contributed by atoms with Gasteiger partial charge in [-0.3, -0.25) is 4.90 Å². The molecule has 2 heterocycles. The normalized spacial score (nSPS) is 16.4. The molecule has 0 unspecified atom stereocenters. The van der Waals surface area contributed by atoms with Crippen LogP contribution in [-0.4, -0.2) is 42.2 Å². The lowest BCUT2D eigenvalue weighted by Gasteiger charge is -2.26. The van der Waals surface area contributed by atoms with Gasteiger partial charge >= 0.3 is 0 Å². The Balaban J connectivity index is 1.85. The van der Waals surface area contributed by atoms with Crippen molar-refractivity contribution in [1.82, 2.24) is 15.2 Å². The summed E-state index contributed by atoms with van der Waals surface area (Å²) >= 11 is 3.48. The van der Waals surface area contributed by atoms with E-state index in [0.29, 0.717) is 12.6 Å². The Bertz CT molecular complexity index is 434. The minimum atomic E-state index is 0.449. The van der Waals surface area contributed by atoms with E-state index in [1.807, 2.05) is 0 Å². The minimum absolute atomic E-state index is 0.449. The molecule has 5 heteroatoms. The van der Waals surface area contributed by atoms with E-state index in [2.05, 4.69) is 51.0 Å². The van der Waals surface area contributed by atoms with Crippen LogP contribution in [0.15, 0.2) is 16.7 Å². The maximum atomic E-state index is 5.91. The van der Waals surface area contributed by atoms with Crippen molar-refractivity contribution in [3.63, 3.8) is 0 Å². The fourth-order valence-corrected chi connectivity index (χ4v) is 2.87. The van der Waals surface area contributed by atoms with Crippen molar-refractivity contribution in [3.05, 3.63) is 22.3 Å². The number of hydrogen-bond donors (Lipinski definition) is 1. The summed E-state index contributed by atoms with van der Waals surface area (Å²) in [6, 6.07) is 2.53. The molecule has 1 aliphatic heterocycles. The predicted molar refractivity (Wildman–Crippen MR) is 89.7 cm³/mol. The molecule has 2 rings (SSSR count). The van der Waals surface area contributed by atoms with Gasteiger partial charge in [0.1, 0.15) is 6.61 Å². The highest BCUT2D eigenvalue weighted by atomic mass is 79.9. The second-order valence-electron chi connectivity index (χ2n) is 5.90. The van der Waals surface area contributed by atoms with E-state index in [9.17, 15) is 0 Å². The molecule has 0 aromatic carbocycles. The lowest BCUT2D eigenvalue weighted by Crippen LogP contribution is -2.33. The first-order valence-electron chi connectivity index (χ1n) is 7.88. The number of likely N-dealkylation sites (tertiary alicyclic amines) is 1. The molecule has 0 radical (unpaired) electrons. The summed E-state index contributed by atoms with van der Waals surface area (Å²) in [6.07, 6.45) is 5.81. The van der Waals surface area contributed by atoms with Crippen LogP contribution in [-0.2, 0) is 6.54 Å². The van der Waals surface area contributed by atoms with Gasteiger partial charge in [0.2, 0.25) is 5.88 Å². The molecule has 0 atom stereocenters. The molecule has 21 heavy (non-hydrogen) atoms. The molecule has 1 fully saturated rings. The van der Waals surface area contributed by atoms with Crippen LogP contribution in [0.4, 0.5) is 0 Å². The SMILES string of the molecule is CC(C)NCc1cc(Br)cnc1OCCN1CCCCC1. The summed E-state index contributed by atoms with van der Waals surface area (Å²) in [5, 5.41) is 3.42. The molecule has 0 amide bonds. The molecule has 4 nitrogen and oxygen atoms in total. The quantitative estimate of drug-likeness (QED) is 0.814. The van der Waals surface area contributed by atoms with Gasteiger partial charge in [-0.15, -0.1) is 0 Å². The van der Waals surface area contributed by atoms with E-state index in [4.69, 9.17) is 4.74 Å². The van der Waals surface area contributed by atoms with Crippen LogP contribution in [0.2, 0.25) is 0 Å². The van der Waals surface area contributed by atoms with Crippen molar-refractivity contribution < 1.29 is 4.74 Å². The third kappa shape index (κ3) is 5.93. The highest BCUT2D eigenvalue weighted by Gasteiger charge is 2.11. The number of aromatic nitrogens is 1. The van der Waals surface area contributed by atoms with Crippen molar-refractivity contribution in [2.75, 3.05) is 26.2 Å². The van der Waals surface area contributed by atoms with Crippen LogP contribution in [0, 0.1) is 0 Å². The maximum absolute atomic E-state index is 5.91. The third-order valence-corrected chi connectivity index (χ3v) is 4.12. The molecule has 0 bridgehead atoms. The van der Waals surface area contributed by atoms with Crippen molar-refractivity contribution in [2.45, 2.75) is 45.7 Å². The Morgan fingerprint density at radius 1 is 1.33 bits per heavy atom. The highest BCUT2D eigenvalue weighted by Crippen LogP contribution is 2.20. The largest absolute Gasteiger partial charge is 0.476 e. The maximum Gasteiger partial charge on any atom is 0.217 e. The summed E-state index contributed by atoms with van der Waals surface area (Å²) < 4.78 is 6.91. The molecular weight excluding hydrogens is 330 g/mol. The fourth-order valence-electron chi connectivity index (χ4n) is 2.49. The minimum Gasteiger partial charge on any atom is -0.476 e. The Kier molecular flexibility index (Phi) is 6.93. The zero-order valence-electron chi connectivity index (χ0n) is 13.1. The first kappa shape index (κ1) is 16.7. The summed E-state index contributed by atoms with van der Waals surface area (Å²) in [5.74, 6) is 0.753. The van der Waals surface area contributed by atoms with Crippen molar-refractivity contribution in [2.24, 2.45) is 0 Å². The second kappa shape index (κ2) is 8.71. The molecule has 1 N–H and O–H groups in total. The summed E-state index contributed by atoms with van der Waals surface area (Å²) in [4.78, 5) is 6.89. The van der Waals surface area contributed by atoms with Gasteiger partial charge < -0.3 is 10.1 Å². The highest BCUT2D eigenvalue weighted by molar-refractivity contribution is 9.10. The number of hydrogen-bond acceptors (Lipinski definition) is 4. The third-order valence-electron chi connectivity index (χ3n) is 3.69. The van der Waals surface area contributed by atoms with Crippen LogP contribution in [0.5, 0.6) is 5.88 Å². The Morgan fingerprint density at radius 2 is 2.10 bits per heavy atom. The van der Waals surface area contributed by atoms with E-state index in [1.54, 1.807) is 6.20 Å². The number of nitrogens with one attached hydrogen (secondary N) is 1. The lowest BCUT2D eigenvalue weighted by molar-refractivity contribution is 0.179. The van der Waals surface area contributed by atoms with Gasteiger partial charge in [-0.2, -0.15) is 0 Å². The lowest BCUT2D eigenvalue weighted by atomic mass is 10.1. The average molecular weight is 356 g/mol. The monoisotopic (exact) mass is 355 g/mol. The number of piperidine rings is 1. The molecule has 118 valence electrons. The molecule has 1 aliphatic rings. The van der Waals surface area contributed by atoms with Gasteiger partial charge in [0.15, 0.2) is 0 Å². The molecule has 1 aromatic heterocycles. The van der Waals surface area contributed by atoms with Crippen LogP contribution in [0.1, 0.15) is 38.7 Å². The Morgan fingerprint density at radius 3 is 2.81 bits per heavy atom. The summed E-state index contributed by atoms with van der Waals surface area (Å²) in [5.41, 5.74) is 1.11. The number of ether oxygens (including phenoxy) is 1. The van der Waals surface area contributed by atoms with E-state index in [0.717, 1.165) is 29.0 Å². The van der Waals surface area contributed by atoms with E-state index in [-0.39, 0.29) is 0 Å². The molecule has 0 spiro atoms. The number of halogens is 1. The van der Waals surface area contributed by atoms with Crippen LogP contribution in [0.3, 0.4) is 0 Å². The molecule has 1 saturated heterocycles. The number of nitrogens with zero attached hydrogens (tertiary/aromatic N) is 2. The summed E-state index contributed by atoms with van der Waals surface area (Å²) in [7, 11) is 0. The fraction of sp³-hybridized carbons (Fsp3) is 0.688. The Hall–Kier alpha value is -0.650. The van der Waals surface area contributed by atoms with Crippen LogP contribution in [0.25, 0.3) is 0 Å². The van der Waals surface area contributed by atoms with Crippen molar-refractivity contribution in [3.8, 4) is 5.88 Å². The molecule has 0 saturated carbocycles. The average Bonchev–Trinajstić information content (AvgIpc) is 2.48. The number of rotatable bonds is 7. The van der Waals surface area contributed by atoms with E-state index in [1.165, 1.54) is 32.4 Å². The van der Waals surface area contributed by atoms with Crippen LogP contribution >= 0.6 is 15.9 Å². The topological polar surface area (TPSA) is 37.4 Å². The zero-order chi connectivity index (χ0) is 15.1. The predicted octanol–water partition coefficient (Wildman–Crippen LogP) is 3.21. The first-order valence-corrected chi connectivity index (χ1v) is 8.67. The van der Waals surface area contributed by atoms with Crippen molar-refractivity contribution >= 4 is 15.9 Å². The first-order chi connectivity index (χ1) is 10.1.